The van der Waals surface area contributed by atoms with Crippen molar-refractivity contribution in [3.05, 3.63) is 34.9 Å². The smallest absolute Gasteiger partial charge is 0.337 e. The topological polar surface area (TPSA) is 72.5 Å². The monoisotopic (exact) mass is 271 g/mol. The van der Waals surface area contributed by atoms with Crippen molar-refractivity contribution >= 4 is 17.6 Å². The summed E-state index contributed by atoms with van der Waals surface area (Å²) in [5, 5.41) is 10.4. The first-order valence-corrected chi connectivity index (χ1v) is 6.00. The summed E-state index contributed by atoms with van der Waals surface area (Å²) in [6, 6.07) is 5.80. The zero-order valence-corrected chi connectivity index (χ0v) is 11.4. The molecular formula is C13H18ClNO3. The molecule has 18 heavy (non-hydrogen) atoms. The maximum absolute atomic E-state index is 11.7. The molecule has 4 nitrogen and oxygen atoms in total. The molecule has 0 saturated heterocycles. The molecule has 0 unspecified atom stereocenters. The van der Waals surface area contributed by atoms with Gasteiger partial charge in [-0.15, -0.1) is 0 Å². The van der Waals surface area contributed by atoms with Crippen LogP contribution < -0.4 is 5.73 Å². The van der Waals surface area contributed by atoms with E-state index >= 15 is 0 Å². The van der Waals surface area contributed by atoms with Crippen LogP contribution in [0.5, 0.6) is 0 Å². The third-order valence-corrected chi connectivity index (χ3v) is 2.50. The van der Waals surface area contributed by atoms with E-state index in [2.05, 4.69) is 0 Å². The second kappa shape index (κ2) is 5.69. The fraction of sp³-hybridized carbons (Fsp3) is 0.462. The van der Waals surface area contributed by atoms with Crippen LogP contribution in [0.15, 0.2) is 24.3 Å². The maximum Gasteiger partial charge on any atom is 0.337 e. The molecule has 0 heterocycles. The highest BCUT2D eigenvalue weighted by Crippen LogP contribution is 2.19. The molecule has 0 aromatic heterocycles. The minimum Gasteiger partial charge on any atom is -0.458 e. The van der Waals surface area contributed by atoms with Crippen LogP contribution >= 0.6 is 11.6 Å². The number of hydrogen-bond acceptors (Lipinski definition) is 4. The number of carbonyl (C=O) groups excluding carboxylic acids is 1. The Kier molecular flexibility index (Phi) is 4.73. The van der Waals surface area contributed by atoms with Gasteiger partial charge in [-0.2, -0.15) is 0 Å². The van der Waals surface area contributed by atoms with E-state index in [0.717, 1.165) is 0 Å². The standard InChI is InChI=1S/C13H18ClNO3/c1-13(2,3)18-12(17)11(16)10(15)8-4-6-9(14)7-5-8/h4-7,10-11,16H,15H2,1-3H3/t10-,11+/m1/s1. The van der Waals surface area contributed by atoms with Gasteiger partial charge in [-0.05, 0) is 38.5 Å². The average molecular weight is 272 g/mol. The highest BCUT2D eigenvalue weighted by atomic mass is 35.5. The number of ether oxygens (including phenoxy) is 1. The molecule has 0 spiro atoms. The Bertz CT molecular complexity index is 411. The fourth-order valence-electron chi connectivity index (χ4n) is 1.38. The van der Waals surface area contributed by atoms with E-state index in [1.54, 1.807) is 45.0 Å². The Morgan fingerprint density at radius 3 is 2.28 bits per heavy atom. The molecule has 1 aromatic carbocycles. The van der Waals surface area contributed by atoms with Crippen LogP contribution in [0.4, 0.5) is 0 Å². The lowest BCUT2D eigenvalue weighted by Crippen LogP contribution is -2.38. The lowest BCUT2D eigenvalue weighted by Gasteiger charge is -2.24. The lowest BCUT2D eigenvalue weighted by molar-refractivity contribution is -0.166. The molecule has 0 aliphatic carbocycles. The van der Waals surface area contributed by atoms with E-state index in [9.17, 15) is 9.90 Å². The Labute approximate surface area is 112 Å². The Hall–Kier alpha value is -1.10. The summed E-state index contributed by atoms with van der Waals surface area (Å²) in [6.07, 6.45) is -1.40. The van der Waals surface area contributed by atoms with Crippen molar-refractivity contribution in [1.82, 2.24) is 0 Å². The van der Waals surface area contributed by atoms with Gasteiger partial charge in [0.1, 0.15) is 5.60 Å². The molecule has 0 aliphatic heterocycles. The van der Waals surface area contributed by atoms with Gasteiger partial charge >= 0.3 is 5.97 Å². The first-order valence-electron chi connectivity index (χ1n) is 5.62. The normalized spacial score (nSPS) is 15.0. The summed E-state index contributed by atoms with van der Waals surface area (Å²) in [5.74, 6) is -0.732. The summed E-state index contributed by atoms with van der Waals surface area (Å²) in [7, 11) is 0. The molecule has 5 heteroatoms. The third-order valence-electron chi connectivity index (χ3n) is 2.24. The summed E-state index contributed by atoms with van der Waals surface area (Å²) in [6.45, 7) is 5.18. The van der Waals surface area contributed by atoms with Crippen LogP contribution in [0.3, 0.4) is 0 Å². The summed E-state index contributed by atoms with van der Waals surface area (Å²) < 4.78 is 5.07. The Balaban J connectivity index is 2.74. The molecule has 0 aliphatic rings. The van der Waals surface area contributed by atoms with E-state index in [0.29, 0.717) is 10.6 Å². The van der Waals surface area contributed by atoms with Gasteiger partial charge in [0.15, 0.2) is 6.10 Å². The van der Waals surface area contributed by atoms with Crippen LogP contribution in [0.25, 0.3) is 0 Å². The fourth-order valence-corrected chi connectivity index (χ4v) is 1.50. The van der Waals surface area contributed by atoms with Crippen LogP contribution in [-0.2, 0) is 9.53 Å². The number of aliphatic hydroxyl groups excluding tert-OH is 1. The SMILES string of the molecule is CC(C)(C)OC(=O)[C@@H](O)[C@H](N)c1ccc(Cl)cc1. The van der Waals surface area contributed by atoms with E-state index in [1.165, 1.54) is 0 Å². The van der Waals surface area contributed by atoms with Gasteiger partial charge in [-0.25, -0.2) is 4.79 Å². The Morgan fingerprint density at radius 2 is 1.83 bits per heavy atom. The van der Waals surface area contributed by atoms with Crippen molar-refractivity contribution in [1.29, 1.82) is 0 Å². The number of carbonyl (C=O) groups is 1. The number of hydrogen-bond donors (Lipinski definition) is 2. The summed E-state index contributed by atoms with van der Waals surface area (Å²) in [5.41, 5.74) is 5.78. The molecule has 0 bridgehead atoms. The van der Waals surface area contributed by atoms with Crippen LogP contribution in [0, 0.1) is 0 Å². The second-order valence-electron chi connectivity index (χ2n) is 5.06. The first kappa shape index (κ1) is 15.0. The van der Waals surface area contributed by atoms with Gasteiger partial charge in [0.2, 0.25) is 0 Å². The van der Waals surface area contributed by atoms with Gasteiger partial charge in [0.05, 0.1) is 6.04 Å². The van der Waals surface area contributed by atoms with Crippen molar-refractivity contribution in [2.24, 2.45) is 5.73 Å². The third kappa shape index (κ3) is 4.29. The van der Waals surface area contributed by atoms with Crippen LogP contribution in [0.1, 0.15) is 32.4 Å². The van der Waals surface area contributed by atoms with Crippen molar-refractivity contribution in [3.63, 3.8) is 0 Å². The zero-order valence-electron chi connectivity index (χ0n) is 10.7. The molecule has 3 N–H and O–H groups in total. The van der Waals surface area contributed by atoms with Gasteiger partial charge in [0, 0.05) is 5.02 Å². The molecule has 100 valence electrons. The number of halogens is 1. The largest absolute Gasteiger partial charge is 0.458 e. The van der Waals surface area contributed by atoms with Crippen molar-refractivity contribution in [3.8, 4) is 0 Å². The molecule has 0 radical (unpaired) electrons. The van der Waals surface area contributed by atoms with Crippen molar-refractivity contribution in [2.75, 3.05) is 0 Å². The number of rotatable bonds is 3. The number of aliphatic hydroxyl groups is 1. The number of benzene rings is 1. The first-order chi connectivity index (χ1) is 8.20. The molecule has 2 atom stereocenters. The average Bonchev–Trinajstić information content (AvgIpc) is 2.26. The minimum absolute atomic E-state index is 0.567. The molecule has 1 rings (SSSR count). The lowest BCUT2D eigenvalue weighted by atomic mass is 10.0. The van der Waals surface area contributed by atoms with Crippen molar-refractivity contribution < 1.29 is 14.6 Å². The van der Waals surface area contributed by atoms with Crippen LogP contribution in [-0.4, -0.2) is 22.8 Å². The van der Waals surface area contributed by atoms with E-state index in [1.807, 2.05) is 0 Å². The van der Waals surface area contributed by atoms with E-state index in [-0.39, 0.29) is 0 Å². The minimum atomic E-state index is -1.40. The van der Waals surface area contributed by atoms with Gasteiger partial charge in [-0.1, -0.05) is 23.7 Å². The Morgan fingerprint density at radius 1 is 1.33 bits per heavy atom. The van der Waals surface area contributed by atoms with Gasteiger partial charge in [-0.3, -0.25) is 0 Å². The number of nitrogens with two attached hydrogens (primary N) is 1. The highest BCUT2D eigenvalue weighted by molar-refractivity contribution is 6.30. The summed E-state index contributed by atoms with van der Waals surface area (Å²) >= 11 is 5.75. The molecule has 0 amide bonds. The molecule has 0 fully saturated rings. The second-order valence-corrected chi connectivity index (χ2v) is 5.49. The van der Waals surface area contributed by atoms with E-state index in [4.69, 9.17) is 22.1 Å². The zero-order chi connectivity index (χ0) is 13.9. The van der Waals surface area contributed by atoms with Gasteiger partial charge < -0.3 is 15.6 Å². The molecule has 0 saturated carbocycles. The highest BCUT2D eigenvalue weighted by Gasteiger charge is 2.29. The van der Waals surface area contributed by atoms with E-state index < -0.39 is 23.7 Å². The number of esters is 1. The van der Waals surface area contributed by atoms with Gasteiger partial charge in [0.25, 0.3) is 0 Å². The molecule has 1 aromatic rings. The quantitative estimate of drug-likeness (QED) is 0.825. The van der Waals surface area contributed by atoms with Crippen LogP contribution in [0.2, 0.25) is 5.02 Å². The predicted molar refractivity (Wildman–Crippen MR) is 70.2 cm³/mol. The van der Waals surface area contributed by atoms with Crippen molar-refractivity contribution in [2.45, 2.75) is 38.5 Å². The summed E-state index contributed by atoms with van der Waals surface area (Å²) in [4.78, 5) is 11.7. The maximum atomic E-state index is 11.7. The predicted octanol–water partition coefficient (Wildman–Crippen LogP) is 2.04. The molecular weight excluding hydrogens is 254 g/mol.